The summed E-state index contributed by atoms with van der Waals surface area (Å²) in [6, 6.07) is 4.29. The molecule has 2 rings (SSSR count). The summed E-state index contributed by atoms with van der Waals surface area (Å²) in [6.07, 6.45) is 2.19. The van der Waals surface area contributed by atoms with Crippen molar-refractivity contribution in [1.82, 2.24) is 9.62 Å². The average molecular weight is 345 g/mol. The van der Waals surface area contributed by atoms with Crippen LogP contribution in [-0.2, 0) is 10.0 Å². The fourth-order valence-electron chi connectivity index (χ4n) is 2.85. The van der Waals surface area contributed by atoms with Crippen molar-refractivity contribution in [2.75, 3.05) is 25.9 Å². The van der Waals surface area contributed by atoms with Crippen LogP contribution in [0, 0.1) is 19.8 Å². The second-order valence-electron chi connectivity index (χ2n) is 6.36. The molecule has 0 bridgehead atoms. The topological polar surface area (TPSA) is 49.4 Å². The zero-order chi connectivity index (χ0) is 16.5. The molecule has 0 amide bonds. The third kappa shape index (κ3) is 4.22. The number of aryl methyl sites for hydroxylation is 2. The van der Waals surface area contributed by atoms with Gasteiger partial charge in [-0.3, -0.25) is 0 Å². The number of rotatable bonds is 5. The summed E-state index contributed by atoms with van der Waals surface area (Å²) in [5.74, 6) is 0.363. The van der Waals surface area contributed by atoms with Crippen LogP contribution in [0.5, 0.6) is 0 Å². The Morgan fingerprint density at radius 2 is 2.00 bits per heavy atom. The second-order valence-corrected chi connectivity index (χ2v) is 8.75. The first-order valence-corrected chi connectivity index (χ1v) is 9.86. The van der Waals surface area contributed by atoms with Gasteiger partial charge in [0.1, 0.15) is 0 Å². The van der Waals surface area contributed by atoms with Crippen LogP contribution in [0.25, 0.3) is 0 Å². The van der Waals surface area contributed by atoms with Crippen molar-refractivity contribution in [2.24, 2.45) is 5.92 Å². The molecular formula is C16H25ClN2O2S. The van der Waals surface area contributed by atoms with Gasteiger partial charge in [-0.05, 0) is 62.4 Å². The van der Waals surface area contributed by atoms with Crippen molar-refractivity contribution in [2.45, 2.75) is 33.2 Å². The molecule has 0 spiro atoms. The van der Waals surface area contributed by atoms with E-state index in [1.54, 1.807) is 4.31 Å². The molecule has 1 fully saturated rings. The SMILES string of the molecule is Cc1cc(Cl)c(C(C)NCC2CCN(S(C)(=O)=O)C2)cc1C. The minimum Gasteiger partial charge on any atom is -0.310 e. The van der Waals surface area contributed by atoms with Gasteiger partial charge in [0.2, 0.25) is 10.0 Å². The number of hydrogen-bond donors (Lipinski definition) is 1. The maximum Gasteiger partial charge on any atom is 0.211 e. The molecule has 0 radical (unpaired) electrons. The van der Waals surface area contributed by atoms with Gasteiger partial charge in [-0.15, -0.1) is 0 Å². The van der Waals surface area contributed by atoms with Crippen LogP contribution in [0.3, 0.4) is 0 Å². The summed E-state index contributed by atoms with van der Waals surface area (Å²) in [5, 5.41) is 4.28. The van der Waals surface area contributed by atoms with E-state index in [1.165, 1.54) is 17.4 Å². The van der Waals surface area contributed by atoms with Gasteiger partial charge in [0.05, 0.1) is 6.26 Å². The van der Waals surface area contributed by atoms with Gasteiger partial charge in [-0.25, -0.2) is 12.7 Å². The van der Waals surface area contributed by atoms with E-state index < -0.39 is 10.0 Å². The quantitative estimate of drug-likeness (QED) is 0.893. The molecule has 1 aliphatic heterocycles. The van der Waals surface area contributed by atoms with Crippen molar-refractivity contribution in [3.05, 3.63) is 33.8 Å². The molecule has 0 aromatic heterocycles. The van der Waals surface area contributed by atoms with Gasteiger partial charge in [0.25, 0.3) is 0 Å². The lowest BCUT2D eigenvalue weighted by Crippen LogP contribution is -2.31. The van der Waals surface area contributed by atoms with Gasteiger partial charge in [0, 0.05) is 24.2 Å². The van der Waals surface area contributed by atoms with E-state index in [0.717, 1.165) is 23.6 Å². The molecule has 22 heavy (non-hydrogen) atoms. The number of benzene rings is 1. The van der Waals surface area contributed by atoms with Crippen molar-refractivity contribution < 1.29 is 8.42 Å². The van der Waals surface area contributed by atoms with E-state index in [1.807, 2.05) is 6.07 Å². The van der Waals surface area contributed by atoms with Gasteiger partial charge in [0.15, 0.2) is 0 Å². The predicted molar refractivity (Wildman–Crippen MR) is 91.9 cm³/mol. The molecule has 1 N–H and O–H groups in total. The van der Waals surface area contributed by atoms with Crippen LogP contribution in [0.15, 0.2) is 12.1 Å². The summed E-state index contributed by atoms with van der Waals surface area (Å²) < 4.78 is 24.6. The third-order valence-corrected chi connectivity index (χ3v) is 6.11. The summed E-state index contributed by atoms with van der Waals surface area (Å²) in [5.41, 5.74) is 3.53. The first-order valence-electron chi connectivity index (χ1n) is 7.63. The Morgan fingerprint density at radius 1 is 1.36 bits per heavy atom. The van der Waals surface area contributed by atoms with Gasteiger partial charge >= 0.3 is 0 Å². The van der Waals surface area contributed by atoms with Crippen LogP contribution in [0.4, 0.5) is 0 Å². The molecule has 1 saturated heterocycles. The van der Waals surface area contributed by atoms with Crippen LogP contribution < -0.4 is 5.32 Å². The summed E-state index contributed by atoms with van der Waals surface area (Å²) in [6.45, 7) is 8.28. The molecule has 4 nitrogen and oxygen atoms in total. The first kappa shape index (κ1) is 17.7. The number of halogens is 1. The molecule has 0 saturated carbocycles. The maximum atomic E-state index is 11.5. The van der Waals surface area contributed by atoms with Crippen molar-refractivity contribution in [3.63, 3.8) is 0 Å². The van der Waals surface area contributed by atoms with E-state index in [-0.39, 0.29) is 6.04 Å². The Morgan fingerprint density at radius 3 is 2.59 bits per heavy atom. The smallest absolute Gasteiger partial charge is 0.211 e. The Bertz CT molecular complexity index is 646. The van der Waals surface area contributed by atoms with Crippen molar-refractivity contribution in [3.8, 4) is 0 Å². The standard InChI is InChI=1S/C16H25ClN2O2S/c1-11-7-15(16(17)8-12(11)2)13(3)18-9-14-5-6-19(10-14)22(4,20)21/h7-8,13-14,18H,5-6,9-10H2,1-4H3. The Balaban J connectivity index is 1.94. The van der Waals surface area contributed by atoms with Gasteiger partial charge < -0.3 is 5.32 Å². The van der Waals surface area contributed by atoms with E-state index in [4.69, 9.17) is 11.6 Å². The van der Waals surface area contributed by atoms with Crippen molar-refractivity contribution >= 4 is 21.6 Å². The molecule has 6 heteroatoms. The Hall–Kier alpha value is -0.620. The molecular weight excluding hydrogens is 320 g/mol. The van der Waals surface area contributed by atoms with E-state index in [9.17, 15) is 8.42 Å². The minimum absolute atomic E-state index is 0.152. The fraction of sp³-hybridized carbons (Fsp3) is 0.625. The molecule has 1 heterocycles. The molecule has 2 atom stereocenters. The highest BCUT2D eigenvalue weighted by Crippen LogP contribution is 2.27. The Labute approximate surface area is 138 Å². The zero-order valence-electron chi connectivity index (χ0n) is 13.7. The third-order valence-electron chi connectivity index (χ3n) is 4.51. The first-order chi connectivity index (χ1) is 10.2. The Kier molecular flexibility index (Phi) is 5.54. The lowest BCUT2D eigenvalue weighted by atomic mass is 10.0. The van der Waals surface area contributed by atoms with Gasteiger partial charge in [-0.2, -0.15) is 0 Å². The van der Waals surface area contributed by atoms with E-state index in [2.05, 4.69) is 32.2 Å². The van der Waals surface area contributed by atoms with Gasteiger partial charge in [-0.1, -0.05) is 17.7 Å². The number of sulfonamides is 1. The number of hydrogen-bond acceptors (Lipinski definition) is 3. The minimum atomic E-state index is -3.06. The average Bonchev–Trinajstić information content (AvgIpc) is 2.89. The monoisotopic (exact) mass is 344 g/mol. The number of nitrogens with zero attached hydrogens (tertiary/aromatic N) is 1. The molecule has 2 unspecified atom stereocenters. The second kappa shape index (κ2) is 6.87. The van der Waals surface area contributed by atoms with Crippen LogP contribution in [-0.4, -0.2) is 38.6 Å². The van der Waals surface area contributed by atoms with Crippen LogP contribution in [0.1, 0.15) is 36.1 Å². The highest BCUT2D eigenvalue weighted by Gasteiger charge is 2.28. The fourth-order valence-corrected chi connectivity index (χ4v) is 4.15. The van der Waals surface area contributed by atoms with E-state index >= 15 is 0 Å². The van der Waals surface area contributed by atoms with Crippen LogP contribution in [0.2, 0.25) is 5.02 Å². The predicted octanol–water partition coefficient (Wildman–Crippen LogP) is 2.89. The lowest BCUT2D eigenvalue weighted by Gasteiger charge is -2.20. The molecule has 1 aromatic carbocycles. The number of nitrogens with one attached hydrogen (secondary N) is 1. The highest BCUT2D eigenvalue weighted by atomic mass is 35.5. The largest absolute Gasteiger partial charge is 0.310 e. The molecule has 124 valence electrons. The summed E-state index contributed by atoms with van der Waals surface area (Å²) in [7, 11) is -3.06. The summed E-state index contributed by atoms with van der Waals surface area (Å²) >= 11 is 6.35. The normalized spacial score (nSPS) is 21.2. The lowest BCUT2D eigenvalue weighted by molar-refractivity contribution is 0.432. The molecule has 1 aromatic rings. The highest BCUT2D eigenvalue weighted by molar-refractivity contribution is 7.88. The summed E-state index contributed by atoms with van der Waals surface area (Å²) in [4.78, 5) is 0. The molecule has 1 aliphatic rings. The van der Waals surface area contributed by atoms with E-state index in [0.29, 0.717) is 19.0 Å². The van der Waals surface area contributed by atoms with Crippen LogP contribution >= 0.6 is 11.6 Å². The van der Waals surface area contributed by atoms with Crippen molar-refractivity contribution in [1.29, 1.82) is 0 Å². The maximum absolute atomic E-state index is 11.5. The molecule has 0 aliphatic carbocycles. The zero-order valence-corrected chi connectivity index (χ0v) is 15.3.